The fraction of sp³-hybridized carbons (Fsp3) is 0.588. The Morgan fingerprint density at radius 3 is 2.84 bits per heavy atom. The number of phenolic OH excluding ortho intramolecular Hbond substituents is 1. The Morgan fingerprint density at radius 1 is 1.44 bits per heavy atom. The third-order valence-electron chi connectivity index (χ3n) is 4.80. The first-order chi connectivity index (χ1) is 12.0. The molecule has 1 aromatic rings. The molecule has 2 atom stereocenters. The lowest BCUT2D eigenvalue weighted by Gasteiger charge is -2.33. The number of aromatic hydroxyl groups is 1. The monoisotopic (exact) mass is 366 g/mol. The maximum Gasteiger partial charge on any atom is 0.178 e. The number of rotatable bonds is 4. The first-order valence-corrected chi connectivity index (χ1v) is 9.94. The van der Waals surface area contributed by atoms with Crippen LogP contribution in [0.1, 0.15) is 24.0 Å². The quantitative estimate of drug-likeness (QED) is 0.551. The van der Waals surface area contributed by atoms with Gasteiger partial charge in [0.1, 0.15) is 24.0 Å². The largest absolute Gasteiger partial charge is 0.593 e. The average molecular weight is 366 g/mol. The van der Waals surface area contributed by atoms with Crippen molar-refractivity contribution in [1.82, 2.24) is 10.6 Å². The van der Waals surface area contributed by atoms with Gasteiger partial charge >= 0.3 is 0 Å². The maximum absolute atomic E-state index is 12.3. The van der Waals surface area contributed by atoms with E-state index in [2.05, 4.69) is 10.6 Å². The highest BCUT2D eigenvalue weighted by Crippen LogP contribution is 2.35. The second kappa shape index (κ2) is 7.92. The number of anilines is 1. The van der Waals surface area contributed by atoms with Crippen LogP contribution in [0.3, 0.4) is 0 Å². The molecule has 2 aliphatic heterocycles. The number of carbonyl (C=O) groups is 1. The Labute approximate surface area is 151 Å². The van der Waals surface area contributed by atoms with Crippen LogP contribution >= 0.6 is 0 Å². The second-order valence-electron chi connectivity index (χ2n) is 6.78. The molecule has 1 aromatic carbocycles. The number of hydrogen-bond donors (Lipinski definition) is 4. The number of benzene rings is 1. The Bertz CT molecular complexity index is 613. The topological polar surface area (TPSA) is 114 Å². The molecule has 0 aromatic heterocycles. The molecule has 0 saturated carbocycles. The molecule has 7 nitrogen and oxygen atoms in total. The Morgan fingerprint density at radius 2 is 2.16 bits per heavy atom. The third kappa shape index (κ3) is 4.27. The Kier molecular flexibility index (Phi) is 5.85. The normalized spacial score (nSPS) is 25.4. The van der Waals surface area contributed by atoms with Crippen molar-refractivity contribution < 1.29 is 14.5 Å². The highest BCUT2D eigenvalue weighted by molar-refractivity contribution is 7.93. The minimum atomic E-state index is -1.41. The van der Waals surface area contributed by atoms with E-state index in [1.807, 2.05) is 13.0 Å². The summed E-state index contributed by atoms with van der Waals surface area (Å²) < 4.78 is 13.8. The summed E-state index contributed by atoms with van der Waals surface area (Å²) in [4.78, 5) is 11.9. The first kappa shape index (κ1) is 18.5. The highest BCUT2D eigenvalue weighted by Gasteiger charge is 2.37. The molecule has 1 unspecified atom stereocenters. The van der Waals surface area contributed by atoms with Gasteiger partial charge in [0.05, 0.1) is 11.4 Å². The molecule has 2 saturated heterocycles. The van der Waals surface area contributed by atoms with E-state index in [0.717, 1.165) is 37.1 Å². The van der Waals surface area contributed by atoms with E-state index >= 15 is 0 Å². The number of ketones is 1. The molecule has 2 heterocycles. The zero-order valence-corrected chi connectivity index (χ0v) is 15.3. The van der Waals surface area contributed by atoms with Gasteiger partial charge in [0.2, 0.25) is 0 Å². The van der Waals surface area contributed by atoms with E-state index in [1.54, 1.807) is 6.07 Å². The predicted molar refractivity (Wildman–Crippen MR) is 98.9 cm³/mol. The zero-order valence-electron chi connectivity index (χ0n) is 14.5. The lowest BCUT2D eigenvalue weighted by molar-refractivity contribution is -0.118. The number of hydrogen-bond acceptors (Lipinski definition) is 7. The van der Waals surface area contributed by atoms with Crippen LogP contribution < -0.4 is 20.7 Å². The van der Waals surface area contributed by atoms with E-state index in [0.29, 0.717) is 18.3 Å². The van der Waals surface area contributed by atoms with E-state index in [4.69, 9.17) is 5.73 Å². The standard InChI is InChI=1S/C17H26N4O3S/c1-11-6-12(8-20-13-2-4-19-5-3-13)7-15(22)17(11)21-9-16(23)14(18)10-25(21)24/h6-7,13-14,19-20,22H,2-5,8-10,18H2,1H3/t14-,25?/m0/s1. The Balaban J connectivity index is 1.72. The number of nitrogens with two attached hydrogens (primary N) is 1. The SMILES string of the molecule is Cc1cc(CNC2CCNCC2)cc(O)c1N1CC(=O)[C@@H](N)C[S+]1[O-]. The van der Waals surface area contributed by atoms with Crippen molar-refractivity contribution >= 4 is 22.8 Å². The molecule has 0 amide bonds. The lowest BCUT2D eigenvalue weighted by atomic mass is 10.0. The molecule has 0 radical (unpaired) electrons. The van der Waals surface area contributed by atoms with Crippen LogP contribution in [0.4, 0.5) is 5.69 Å². The van der Waals surface area contributed by atoms with Crippen LogP contribution in [0.15, 0.2) is 12.1 Å². The summed E-state index contributed by atoms with van der Waals surface area (Å²) in [5.74, 6) is -0.00899. The number of aryl methyl sites for hydroxylation is 1. The third-order valence-corrected chi connectivity index (χ3v) is 6.25. The minimum absolute atomic E-state index is 0.0329. The van der Waals surface area contributed by atoms with Gasteiger partial charge in [0.15, 0.2) is 11.5 Å². The zero-order chi connectivity index (χ0) is 18.0. The molecular weight excluding hydrogens is 340 g/mol. The number of nitrogens with one attached hydrogen (secondary N) is 2. The van der Waals surface area contributed by atoms with E-state index in [9.17, 15) is 14.5 Å². The molecular formula is C17H26N4O3S. The van der Waals surface area contributed by atoms with Crippen molar-refractivity contribution in [3.05, 3.63) is 23.3 Å². The van der Waals surface area contributed by atoms with E-state index < -0.39 is 17.4 Å². The summed E-state index contributed by atoms with van der Waals surface area (Å²) in [6.07, 6.45) is 2.19. The van der Waals surface area contributed by atoms with Crippen molar-refractivity contribution in [1.29, 1.82) is 0 Å². The molecule has 138 valence electrons. The molecule has 2 fully saturated rings. The van der Waals surface area contributed by atoms with Gasteiger partial charge < -0.3 is 26.0 Å². The summed E-state index contributed by atoms with van der Waals surface area (Å²) in [5.41, 5.74) is 7.92. The van der Waals surface area contributed by atoms with Gasteiger partial charge in [-0.2, -0.15) is 4.31 Å². The van der Waals surface area contributed by atoms with Crippen LogP contribution in [0, 0.1) is 6.92 Å². The number of nitrogens with zero attached hydrogens (tertiary/aromatic N) is 1. The highest BCUT2D eigenvalue weighted by atomic mass is 32.2. The van der Waals surface area contributed by atoms with Crippen molar-refractivity contribution in [3.63, 3.8) is 0 Å². The number of carbonyl (C=O) groups excluding carboxylic acids is 1. The van der Waals surface area contributed by atoms with Crippen LogP contribution in [-0.2, 0) is 22.7 Å². The molecule has 25 heavy (non-hydrogen) atoms. The number of Topliss-reactive ketones (excluding diaryl/α,β-unsaturated/α-hetero) is 1. The van der Waals surface area contributed by atoms with Crippen molar-refractivity contribution in [2.24, 2.45) is 5.73 Å². The molecule has 0 bridgehead atoms. The van der Waals surface area contributed by atoms with Crippen LogP contribution in [-0.4, -0.2) is 52.9 Å². The van der Waals surface area contributed by atoms with E-state index in [-0.39, 0.29) is 23.8 Å². The maximum atomic E-state index is 12.3. The molecule has 5 N–H and O–H groups in total. The lowest BCUT2D eigenvalue weighted by Crippen LogP contribution is -2.54. The van der Waals surface area contributed by atoms with Gasteiger partial charge in [0.25, 0.3) is 0 Å². The van der Waals surface area contributed by atoms with Gasteiger partial charge in [0, 0.05) is 12.6 Å². The second-order valence-corrected chi connectivity index (χ2v) is 8.20. The van der Waals surface area contributed by atoms with Gasteiger partial charge in [-0.1, -0.05) is 6.07 Å². The molecule has 0 aliphatic carbocycles. The predicted octanol–water partition coefficient (Wildman–Crippen LogP) is -0.0777. The van der Waals surface area contributed by atoms with Crippen LogP contribution in [0.2, 0.25) is 0 Å². The van der Waals surface area contributed by atoms with Crippen LogP contribution in [0.5, 0.6) is 5.75 Å². The van der Waals surface area contributed by atoms with Gasteiger partial charge in [-0.05, 0) is 50.0 Å². The van der Waals surface area contributed by atoms with Gasteiger partial charge in [-0.25, -0.2) is 0 Å². The fourth-order valence-corrected chi connectivity index (χ4v) is 4.78. The smallest absolute Gasteiger partial charge is 0.178 e. The van der Waals surface area contributed by atoms with Crippen LogP contribution in [0.25, 0.3) is 0 Å². The number of phenols is 1. The van der Waals surface area contributed by atoms with Crippen molar-refractivity contribution in [2.75, 3.05) is 29.7 Å². The summed E-state index contributed by atoms with van der Waals surface area (Å²) in [6, 6.07) is 3.46. The van der Waals surface area contributed by atoms with Gasteiger partial charge in [-0.15, -0.1) is 0 Å². The average Bonchev–Trinajstić information content (AvgIpc) is 2.58. The first-order valence-electron chi connectivity index (χ1n) is 8.66. The van der Waals surface area contributed by atoms with Gasteiger partial charge in [-0.3, -0.25) is 4.79 Å². The number of piperidine rings is 1. The molecule has 8 heteroatoms. The molecule has 3 rings (SSSR count). The summed E-state index contributed by atoms with van der Waals surface area (Å²) in [5, 5.41) is 17.3. The summed E-state index contributed by atoms with van der Waals surface area (Å²) >= 11 is -1.41. The minimum Gasteiger partial charge on any atom is -0.593 e. The fourth-order valence-electron chi connectivity index (χ4n) is 3.40. The summed E-state index contributed by atoms with van der Waals surface area (Å²) in [7, 11) is 0. The van der Waals surface area contributed by atoms with Crippen molar-refractivity contribution in [2.45, 2.75) is 38.4 Å². The molecule has 0 spiro atoms. The Hall–Kier alpha value is -1.32. The van der Waals surface area contributed by atoms with E-state index in [1.165, 1.54) is 4.31 Å². The molecule has 2 aliphatic rings. The summed E-state index contributed by atoms with van der Waals surface area (Å²) in [6.45, 7) is 4.55. The van der Waals surface area contributed by atoms with Crippen molar-refractivity contribution in [3.8, 4) is 5.75 Å².